The van der Waals surface area contributed by atoms with Gasteiger partial charge in [-0.15, -0.1) is 11.3 Å². The minimum absolute atomic E-state index is 0.436. The molecule has 2 aromatic rings. The summed E-state index contributed by atoms with van der Waals surface area (Å²) in [4.78, 5) is 1.19. The summed E-state index contributed by atoms with van der Waals surface area (Å²) in [5.41, 5.74) is 2.11. The molecule has 17 heavy (non-hydrogen) atoms. The highest BCUT2D eigenvalue weighted by molar-refractivity contribution is 9.11. The zero-order chi connectivity index (χ0) is 12.4. The first-order valence-electron chi connectivity index (χ1n) is 5.24. The van der Waals surface area contributed by atoms with Crippen LogP contribution < -0.4 is 0 Å². The van der Waals surface area contributed by atoms with Gasteiger partial charge in [-0.25, -0.2) is 0 Å². The molecular formula is C13H12Br2OS. The van der Waals surface area contributed by atoms with Crippen LogP contribution in [0.1, 0.15) is 22.1 Å². The van der Waals surface area contributed by atoms with Crippen LogP contribution >= 0.6 is 43.2 Å². The summed E-state index contributed by atoms with van der Waals surface area (Å²) in [7, 11) is 0. The van der Waals surface area contributed by atoms with Crippen LogP contribution in [0.25, 0.3) is 0 Å². The number of hydrogen-bond donors (Lipinski definition) is 1. The van der Waals surface area contributed by atoms with E-state index in [1.165, 1.54) is 4.88 Å². The highest BCUT2D eigenvalue weighted by atomic mass is 79.9. The molecule has 0 spiro atoms. The van der Waals surface area contributed by atoms with Gasteiger partial charge in [0.15, 0.2) is 0 Å². The maximum absolute atomic E-state index is 10.2. The smallest absolute Gasteiger partial charge is 0.0840 e. The number of aliphatic hydroxyl groups is 1. The van der Waals surface area contributed by atoms with Crippen LogP contribution in [0.15, 0.2) is 38.6 Å². The third-order valence-electron chi connectivity index (χ3n) is 2.61. The fraction of sp³-hybridized carbons (Fsp3) is 0.231. The molecule has 0 fully saturated rings. The molecule has 0 aliphatic carbocycles. The molecule has 1 atom stereocenters. The van der Waals surface area contributed by atoms with Gasteiger partial charge in [-0.2, -0.15) is 0 Å². The largest absolute Gasteiger partial charge is 0.388 e. The molecule has 4 heteroatoms. The van der Waals surface area contributed by atoms with E-state index in [0.717, 1.165) is 19.4 Å². The molecule has 1 N–H and O–H groups in total. The van der Waals surface area contributed by atoms with Crippen molar-refractivity contribution in [1.82, 2.24) is 0 Å². The van der Waals surface area contributed by atoms with E-state index in [0.29, 0.717) is 6.42 Å². The summed E-state index contributed by atoms with van der Waals surface area (Å²) in [6.45, 7) is 2.02. The maximum atomic E-state index is 10.2. The predicted octanol–water partition coefficient (Wildman–Crippen LogP) is 4.86. The second-order valence-electron chi connectivity index (χ2n) is 3.93. The SMILES string of the molecule is Cc1cc(Br)ccc1C(O)Cc1ccc(Br)s1. The summed E-state index contributed by atoms with van der Waals surface area (Å²) >= 11 is 8.53. The Kier molecular flexibility index (Phi) is 4.42. The predicted molar refractivity (Wildman–Crippen MR) is 79.6 cm³/mol. The monoisotopic (exact) mass is 374 g/mol. The van der Waals surface area contributed by atoms with Crippen LogP contribution in [0.3, 0.4) is 0 Å². The Morgan fingerprint density at radius 3 is 2.59 bits per heavy atom. The summed E-state index contributed by atoms with van der Waals surface area (Å²) < 4.78 is 2.15. The number of aliphatic hydroxyl groups excluding tert-OH is 1. The van der Waals surface area contributed by atoms with Gasteiger partial charge < -0.3 is 5.11 Å². The molecule has 2 rings (SSSR count). The van der Waals surface area contributed by atoms with E-state index in [2.05, 4.69) is 31.9 Å². The number of aryl methyl sites for hydroxylation is 1. The summed E-state index contributed by atoms with van der Waals surface area (Å²) in [5, 5.41) is 10.2. The molecule has 0 bridgehead atoms. The lowest BCUT2D eigenvalue weighted by Gasteiger charge is -2.13. The van der Waals surface area contributed by atoms with Gasteiger partial charge in [0.2, 0.25) is 0 Å². The number of hydrogen-bond acceptors (Lipinski definition) is 2. The summed E-state index contributed by atoms with van der Waals surface area (Å²) in [5.74, 6) is 0. The van der Waals surface area contributed by atoms with Gasteiger partial charge >= 0.3 is 0 Å². The number of rotatable bonds is 3. The van der Waals surface area contributed by atoms with E-state index < -0.39 is 6.10 Å². The molecule has 1 heterocycles. The molecule has 1 aromatic heterocycles. The highest BCUT2D eigenvalue weighted by Crippen LogP contribution is 2.29. The Morgan fingerprint density at radius 1 is 1.24 bits per heavy atom. The molecule has 0 aliphatic heterocycles. The highest BCUT2D eigenvalue weighted by Gasteiger charge is 2.12. The van der Waals surface area contributed by atoms with E-state index in [1.807, 2.05) is 37.3 Å². The van der Waals surface area contributed by atoms with Crippen LogP contribution in [0.4, 0.5) is 0 Å². The number of halogens is 2. The fourth-order valence-electron chi connectivity index (χ4n) is 1.77. The van der Waals surface area contributed by atoms with Gasteiger partial charge in [0.05, 0.1) is 9.89 Å². The van der Waals surface area contributed by atoms with Crippen LogP contribution in [0, 0.1) is 6.92 Å². The first-order valence-corrected chi connectivity index (χ1v) is 7.65. The van der Waals surface area contributed by atoms with Crippen molar-refractivity contribution in [3.8, 4) is 0 Å². The molecule has 1 nitrogen and oxygen atoms in total. The Labute approximate surface area is 122 Å². The second-order valence-corrected chi connectivity index (χ2v) is 7.39. The van der Waals surface area contributed by atoms with Crippen molar-refractivity contribution in [3.63, 3.8) is 0 Å². The average Bonchev–Trinajstić information content (AvgIpc) is 2.63. The summed E-state index contributed by atoms with van der Waals surface area (Å²) in [6.07, 6.45) is 0.229. The van der Waals surface area contributed by atoms with Crippen LogP contribution in [-0.4, -0.2) is 5.11 Å². The van der Waals surface area contributed by atoms with Crippen molar-refractivity contribution < 1.29 is 5.11 Å². The van der Waals surface area contributed by atoms with Crippen molar-refractivity contribution in [2.24, 2.45) is 0 Å². The molecule has 90 valence electrons. The Hall–Kier alpha value is -0.160. The zero-order valence-corrected chi connectivity index (χ0v) is 13.3. The van der Waals surface area contributed by atoms with E-state index in [1.54, 1.807) is 11.3 Å². The topological polar surface area (TPSA) is 20.2 Å². The average molecular weight is 376 g/mol. The van der Waals surface area contributed by atoms with Crippen molar-refractivity contribution >= 4 is 43.2 Å². The normalized spacial score (nSPS) is 12.7. The van der Waals surface area contributed by atoms with E-state index in [9.17, 15) is 5.11 Å². The molecule has 0 radical (unpaired) electrons. The van der Waals surface area contributed by atoms with Crippen LogP contribution in [-0.2, 0) is 6.42 Å². The minimum Gasteiger partial charge on any atom is -0.388 e. The molecule has 0 saturated carbocycles. The lowest BCUT2D eigenvalue weighted by atomic mass is 10.0. The Bertz CT molecular complexity index is 522. The third kappa shape index (κ3) is 3.41. The molecule has 0 saturated heterocycles. The van der Waals surface area contributed by atoms with E-state index in [-0.39, 0.29) is 0 Å². The van der Waals surface area contributed by atoms with Gasteiger partial charge in [0, 0.05) is 15.8 Å². The summed E-state index contributed by atoms with van der Waals surface area (Å²) in [6, 6.07) is 10.0. The third-order valence-corrected chi connectivity index (χ3v) is 4.75. The zero-order valence-electron chi connectivity index (χ0n) is 9.28. The molecule has 1 unspecified atom stereocenters. The molecule has 0 amide bonds. The Balaban J connectivity index is 2.17. The van der Waals surface area contributed by atoms with Gasteiger partial charge in [-0.3, -0.25) is 0 Å². The van der Waals surface area contributed by atoms with Crippen molar-refractivity contribution in [1.29, 1.82) is 0 Å². The van der Waals surface area contributed by atoms with Crippen LogP contribution in [0.5, 0.6) is 0 Å². The van der Waals surface area contributed by atoms with Crippen molar-refractivity contribution in [2.45, 2.75) is 19.4 Å². The Morgan fingerprint density at radius 2 is 2.00 bits per heavy atom. The second kappa shape index (κ2) is 5.65. The quantitative estimate of drug-likeness (QED) is 0.812. The molecule has 0 aliphatic rings. The molecular weight excluding hydrogens is 364 g/mol. The number of benzene rings is 1. The fourth-order valence-corrected chi connectivity index (χ4v) is 3.77. The number of thiophene rings is 1. The van der Waals surface area contributed by atoms with Gasteiger partial charge in [-0.1, -0.05) is 22.0 Å². The minimum atomic E-state index is -0.436. The van der Waals surface area contributed by atoms with Gasteiger partial charge in [-0.05, 0) is 58.2 Å². The van der Waals surface area contributed by atoms with Crippen LogP contribution in [0.2, 0.25) is 0 Å². The standard InChI is InChI=1S/C13H12Br2OS/c1-8-6-9(14)2-4-11(8)12(16)7-10-3-5-13(15)17-10/h2-6,12,16H,7H2,1H3. The first kappa shape index (κ1) is 13.3. The van der Waals surface area contributed by atoms with E-state index >= 15 is 0 Å². The lowest BCUT2D eigenvalue weighted by molar-refractivity contribution is 0.178. The van der Waals surface area contributed by atoms with Gasteiger partial charge in [0.25, 0.3) is 0 Å². The molecule has 1 aromatic carbocycles. The lowest BCUT2D eigenvalue weighted by Crippen LogP contribution is -2.02. The van der Waals surface area contributed by atoms with Crippen molar-refractivity contribution in [2.75, 3.05) is 0 Å². The van der Waals surface area contributed by atoms with Gasteiger partial charge in [0.1, 0.15) is 0 Å². The van der Waals surface area contributed by atoms with Crippen molar-refractivity contribution in [3.05, 3.63) is 54.6 Å². The first-order chi connectivity index (χ1) is 8.06. The maximum Gasteiger partial charge on any atom is 0.0840 e. The van der Waals surface area contributed by atoms with E-state index in [4.69, 9.17) is 0 Å².